The molecule has 16 heavy (non-hydrogen) atoms. The number of amides is 1. The summed E-state index contributed by atoms with van der Waals surface area (Å²) < 4.78 is 0. The van der Waals surface area contributed by atoms with Crippen molar-refractivity contribution in [1.29, 1.82) is 0 Å². The fourth-order valence-corrected chi connectivity index (χ4v) is 1.68. The van der Waals surface area contributed by atoms with Crippen LogP contribution in [0.3, 0.4) is 0 Å². The Labute approximate surface area is 96.4 Å². The molecular formula is C11H22N2O3. The lowest BCUT2D eigenvalue weighted by Gasteiger charge is -2.21. The third-order valence-corrected chi connectivity index (χ3v) is 2.61. The first-order valence-corrected chi connectivity index (χ1v) is 5.68. The highest BCUT2D eigenvalue weighted by atomic mass is 16.3. The summed E-state index contributed by atoms with van der Waals surface area (Å²) in [6.45, 7) is 7.23. The number of nitrogens with one attached hydrogen (secondary N) is 1. The Kier molecular flexibility index (Phi) is 4.29. The molecule has 5 heteroatoms. The van der Waals surface area contributed by atoms with E-state index in [9.17, 15) is 15.0 Å². The van der Waals surface area contributed by atoms with Crippen molar-refractivity contribution in [3.8, 4) is 0 Å². The monoisotopic (exact) mass is 230 g/mol. The third-order valence-electron chi connectivity index (χ3n) is 2.61. The molecule has 0 spiro atoms. The van der Waals surface area contributed by atoms with Gasteiger partial charge < -0.3 is 20.4 Å². The first-order chi connectivity index (χ1) is 7.29. The van der Waals surface area contributed by atoms with Crippen molar-refractivity contribution in [1.82, 2.24) is 10.2 Å². The molecule has 0 unspecified atom stereocenters. The molecule has 3 N–H and O–H groups in total. The molecule has 5 nitrogen and oxygen atoms in total. The van der Waals surface area contributed by atoms with Gasteiger partial charge in [0.1, 0.15) is 0 Å². The molecule has 1 aliphatic heterocycles. The third kappa shape index (κ3) is 4.08. The maximum absolute atomic E-state index is 11.7. The van der Waals surface area contributed by atoms with E-state index in [0.717, 1.165) is 0 Å². The number of carbonyl (C=O) groups is 1. The summed E-state index contributed by atoms with van der Waals surface area (Å²) in [5.74, 6) is -0.0210. The minimum atomic E-state index is -0.792. The number of likely N-dealkylation sites (tertiary alicyclic amines) is 1. The van der Waals surface area contributed by atoms with E-state index in [2.05, 4.69) is 5.32 Å². The van der Waals surface area contributed by atoms with Crippen LogP contribution in [0.1, 0.15) is 27.2 Å². The van der Waals surface area contributed by atoms with E-state index in [1.807, 2.05) is 20.8 Å². The molecule has 0 aromatic rings. The van der Waals surface area contributed by atoms with Crippen LogP contribution in [0.15, 0.2) is 0 Å². The predicted molar refractivity (Wildman–Crippen MR) is 61.0 cm³/mol. The van der Waals surface area contributed by atoms with Crippen molar-refractivity contribution in [2.24, 2.45) is 0 Å². The van der Waals surface area contributed by atoms with Crippen LogP contribution in [0.2, 0.25) is 0 Å². The number of hydrogen-bond donors (Lipinski definition) is 3. The largest absolute Gasteiger partial charge is 0.388 e. The van der Waals surface area contributed by atoms with Crippen LogP contribution in [-0.4, -0.2) is 58.4 Å². The average molecular weight is 230 g/mol. The number of carbonyl (C=O) groups excluding carboxylic acids is 1. The minimum absolute atomic E-state index is 0.00428. The highest BCUT2D eigenvalue weighted by Gasteiger charge is 2.32. The zero-order valence-electron chi connectivity index (χ0n) is 10.2. The highest BCUT2D eigenvalue weighted by Crippen LogP contribution is 2.11. The van der Waals surface area contributed by atoms with Crippen molar-refractivity contribution < 1.29 is 15.0 Å². The van der Waals surface area contributed by atoms with E-state index < -0.39 is 12.2 Å². The molecule has 1 heterocycles. The molecule has 0 saturated carbocycles. The summed E-state index contributed by atoms with van der Waals surface area (Å²) in [6.07, 6.45) is -1.18. The first-order valence-electron chi connectivity index (χ1n) is 5.68. The van der Waals surface area contributed by atoms with Gasteiger partial charge in [0, 0.05) is 31.6 Å². The first kappa shape index (κ1) is 13.4. The lowest BCUT2D eigenvalue weighted by atomic mass is 10.1. The maximum atomic E-state index is 11.7. The molecule has 1 saturated heterocycles. The van der Waals surface area contributed by atoms with Crippen LogP contribution >= 0.6 is 0 Å². The average Bonchev–Trinajstić information content (AvgIpc) is 2.45. The Morgan fingerprint density at radius 1 is 1.31 bits per heavy atom. The molecule has 0 radical (unpaired) electrons. The Bertz CT molecular complexity index is 240. The van der Waals surface area contributed by atoms with Gasteiger partial charge in [-0.05, 0) is 20.8 Å². The topological polar surface area (TPSA) is 72.8 Å². The number of rotatable bonds is 3. The van der Waals surface area contributed by atoms with Crippen molar-refractivity contribution in [3.63, 3.8) is 0 Å². The van der Waals surface area contributed by atoms with Gasteiger partial charge >= 0.3 is 0 Å². The van der Waals surface area contributed by atoms with Gasteiger partial charge in [0.25, 0.3) is 0 Å². The van der Waals surface area contributed by atoms with Crippen LogP contribution < -0.4 is 5.32 Å². The Morgan fingerprint density at radius 2 is 1.81 bits per heavy atom. The molecule has 1 fully saturated rings. The van der Waals surface area contributed by atoms with Gasteiger partial charge in [-0.3, -0.25) is 4.79 Å². The van der Waals surface area contributed by atoms with Gasteiger partial charge in [0.15, 0.2) is 0 Å². The zero-order valence-corrected chi connectivity index (χ0v) is 10.2. The van der Waals surface area contributed by atoms with E-state index in [0.29, 0.717) is 13.0 Å². The summed E-state index contributed by atoms with van der Waals surface area (Å²) in [5.41, 5.74) is 0.00428. The molecule has 1 aliphatic rings. The van der Waals surface area contributed by atoms with E-state index in [1.54, 1.807) is 0 Å². The molecule has 94 valence electrons. The highest BCUT2D eigenvalue weighted by molar-refractivity contribution is 5.76. The van der Waals surface area contributed by atoms with Crippen LogP contribution in [0.5, 0.6) is 0 Å². The van der Waals surface area contributed by atoms with Crippen LogP contribution in [0, 0.1) is 0 Å². The van der Waals surface area contributed by atoms with Crippen LogP contribution in [0.4, 0.5) is 0 Å². The molecule has 2 atom stereocenters. The Balaban J connectivity index is 2.26. The predicted octanol–water partition coefficient (Wildman–Crippen LogP) is -0.671. The SMILES string of the molecule is CC(C)(C)NCCC(=O)N1C[C@@H](O)[C@@H](O)C1. The molecule has 0 aromatic carbocycles. The second-order valence-electron chi connectivity index (χ2n) is 5.36. The van der Waals surface area contributed by atoms with Gasteiger partial charge in [0.05, 0.1) is 12.2 Å². The normalized spacial score (nSPS) is 26.2. The Hall–Kier alpha value is -0.650. The van der Waals surface area contributed by atoms with Crippen molar-refractivity contribution in [2.75, 3.05) is 19.6 Å². The molecule has 0 aliphatic carbocycles. The quantitative estimate of drug-likeness (QED) is 0.601. The lowest BCUT2D eigenvalue weighted by Crippen LogP contribution is -2.39. The summed E-state index contributed by atoms with van der Waals surface area (Å²) in [7, 11) is 0. The number of hydrogen-bond acceptors (Lipinski definition) is 4. The molecule has 1 amide bonds. The maximum Gasteiger partial charge on any atom is 0.224 e. The fraction of sp³-hybridized carbons (Fsp3) is 0.909. The summed E-state index contributed by atoms with van der Waals surface area (Å²) in [5, 5.41) is 21.9. The molecule has 0 aromatic heterocycles. The number of nitrogens with zero attached hydrogens (tertiary/aromatic N) is 1. The second kappa shape index (κ2) is 5.12. The number of aliphatic hydroxyl groups excluding tert-OH is 2. The van der Waals surface area contributed by atoms with Gasteiger partial charge in [-0.25, -0.2) is 0 Å². The summed E-state index contributed by atoms with van der Waals surface area (Å²) >= 11 is 0. The fourth-order valence-electron chi connectivity index (χ4n) is 1.68. The molecular weight excluding hydrogens is 208 g/mol. The number of aliphatic hydroxyl groups is 2. The second-order valence-corrected chi connectivity index (χ2v) is 5.36. The van der Waals surface area contributed by atoms with Crippen LogP contribution in [-0.2, 0) is 4.79 Å². The summed E-state index contributed by atoms with van der Waals surface area (Å²) in [4.78, 5) is 13.2. The van der Waals surface area contributed by atoms with Gasteiger partial charge in [-0.1, -0.05) is 0 Å². The molecule has 0 bridgehead atoms. The van der Waals surface area contributed by atoms with E-state index in [-0.39, 0.29) is 24.5 Å². The van der Waals surface area contributed by atoms with Crippen molar-refractivity contribution in [3.05, 3.63) is 0 Å². The number of β-amino-alcohol motifs (C(OH)–C–C–N with tert-alkyl or cyclic N) is 2. The van der Waals surface area contributed by atoms with Gasteiger partial charge in [-0.2, -0.15) is 0 Å². The molecule has 1 rings (SSSR count). The van der Waals surface area contributed by atoms with Crippen molar-refractivity contribution in [2.45, 2.75) is 44.9 Å². The Morgan fingerprint density at radius 3 is 2.25 bits per heavy atom. The lowest BCUT2D eigenvalue weighted by molar-refractivity contribution is -0.130. The minimum Gasteiger partial charge on any atom is -0.388 e. The van der Waals surface area contributed by atoms with E-state index in [1.165, 1.54) is 4.90 Å². The van der Waals surface area contributed by atoms with Gasteiger partial charge in [-0.15, -0.1) is 0 Å². The zero-order chi connectivity index (χ0) is 12.3. The smallest absolute Gasteiger partial charge is 0.224 e. The summed E-state index contributed by atoms with van der Waals surface area (Å²) in [6, 6.07) is 0. The van der Waals surface area contributed by atoms with Crippen LogP contribution in [0.25, 0.3) is 0 Å². The van der Waals surface area contributed by atoms with Crippen molar-refractivity contribution >= 4 is 5.91 Å². The van der Waals surface area contributed by atoms with Gasteiger partial charge in [0.2, 0.25) is 5.91 Å². The van der Waals surface area contributed by atoms with E-state index >= 15 is 0 Å². The standard InChI is InChI=1S/C11H22N2O3/c1-11(2,3)12-5-4-10(16)13-6-8(14)9(15)7-13/h8-9,12,14-15H,4-7H2,1-3H3/t8-,9+. The van der Waals surface area contributed by atoms with E-state index in [4.69, 9.17) is 0 Å².